The van der Waals surface area contributed by atoms with Crippen molar-refractivity contribution in [3.05, 3.63) is 82.0 Å². The lowest BCUT2D eigenvalue weighted by Crippen LogP contribution is -2.40. The predicted octanol–water partition coefficient (Wildman–Crippen LogP) is 4.31. The van der Waals surface area contributed by atoms with Gasteiger partial charge in [-0.1, -0.05) is 54.6 Å². The zero-order chi connectivity index (χ0) is 23.4. The van der Waals surface area contributed by atoms with Crippen molar-refractivity contribution in [2.24, 2.45) is 0 Å². The van der Waals surface area contributed by atoms with Crippen molar-refractivity contribution in [3.8, 4) is 11.1 Å². The van der Waals surface area contributed by atoms with Crippen LogP contribution in [0.2, 0.25) is 0 Å². The van der Waals surface area contributed by atoms with Crippen molar-refractivity contribution in [1.29, 1.82) is 0 Å². The number of carboxylic acids is 1. The van der Waals surface area contributed by atoms with Crippen molar-refractivity contribution in [1.82, 2.24) is 10.6 Å². The molecule has 8 heteroatoms. The van der Waals surface area contributed by atoms with E-state index in [4.69, 9.17) is 4.74 Å². The van der Waals surface area contributed by atoms with E-state index >= 15 is 0 Å². The Morgan fingerprint density at radius 1 is 0.970 bits per heavy atom. The maximum atomic E-state index is 12.4. The molecule has 0 saturated carbocycles. The highest BCUT2D eigenvalue weighted by atomic mass is 32.1. The number of carbonyl (C=O) groups excluding carboxylic acids is 2. The predicted molar refractivity (Wildman–Crippen MR) is 125 cm³/mol. The van der Waals surface area contributed by atoms with Crippen LogP contribution < -0.4 is 10.6 Å². The first-order valence-corrected chi connectivity index (χ1v) is 11.5. The molecule has 2 amide bonds. The number of ether oxygens (including phenoxy) is 1. The van der Waals surface area contributed by atoms with Crippen molar-refractivity contribution in [3.63, 3.8) is 0 Å². The van der Waals surface area contributed by atoms with Crippen LogP contribution in [-0.4, -0.2) is 35.7 Å². The van der Waals surface area contributed by atoms with Gasteiger partial charge in [-0.2, -0.15) is 0 Å². The summed E-state index contributed by atoms with van der Waals surface area (Å²) < 4.78 is 5.50. The van der Waals surface area contributed by atoms with E-state index < -0.39 is 30.1 Å². The molecule has 0 saturated heterocycles. The Labute approximate surface area is 195 Å². The van der Waals surface area contributed by atoms with Crippen molar-refractivity contribution in [2.45, 2.75) is 31.3 Å². The third-order valence-corrected chi connectivity index (χ3v) is 6.52. The Morgan fingerprint density at radius 2 is 1.61 bits per heavy atom. The number of benzene rings is 2. The third-order valence-electron chi connectivity index (χ3n) is 5.58. The molecule has 1 aliphatic carbocycles. The van der Waals surface area contributed by atoms with Gasteiger partial charge in [-0.05, 0) is 40.6 Å². The number of hydrogen-bond donors (Lipinski definition) is 3. The molecular formula is C25H24N2O5S. The minimum absolute atomic E-state index is 0.0520. The lowest BCUT2D eigenvalue weighted by molar-refractivity contribution is -0.142. The first kappa shape index (κ1) is 22.5. The first-order valence-electron chi connectivity index (χ1n) is 10.6. The summed E-state index contributed by atoms with van der Waals surface area (Å²) in [5.74, 6) is -1.66. The zero-order valence-corrected chi connectivity index (χ0v) is 18.8. The topological polar surface area (TPSA) is 105 Å². The smallest absolute Gasteiger partial charge is 0.407 e. The molecule has 0 bridgehead atoms. The van der Waals surface area contributed by atoms with Crippen LogP contribution >= 0.6 is 11.3 Å². The number of rotatable bonds is 8. The molecule has 1 aromatic heterocycles. The molecule has 170 valence electrons. The fourth-order valence-corrected chi connectivity index (χ4v) is 4.87. The maximum Gasteiger partial charge on any atom is 0.407 e. The Balaban J connectivity index is 1.30. The van der Waals surface area contributed by atoms with Crippen molar-refractivity contribution in [2.75, 3.05) is 6.61 Å². The fourth-order valence-electron chi connectivity index (χ4n) is 4.10. The van der Waals surface area contributed by atoms with Crippen molar-refractivity contribution >= 4 is 29.3 Å². The summed E-state index contributed by atoms with van der Waals surface area (Å²) in [4.78, 5) is 36.7. The Bertz CT molecular complexity index is 1120. The summed E-state index contributed by atoms with van der Waals surface area (Å²) in [6.45, 7) is 1.85. The summed E-state index contributed by atoms with van der Waals surface area (Å²) in [5, 5.41) is 16.3. The van der Waals surface area contributed by atoms with Crippen molar-refractivity contribution < 1.29 is 24.2 Å². The number of amides is 2. The summed E-state index contributed by atoms with van der Waals surface area (Å²) in [6, 6.07) is 17.9. The molecule has 1 heterocycles. The third kappa shape index (κ3) is 5.06. The van der Waals surface area contributed by atoms with E-state index in [2.05, 4.69) is 22.8 Å². The quantitative estimate of drug-likeness (QED) is 0.461. The maximum absolute atomic E-state index is 12.4. The second-order valence-electron chi connectivity index (χ2n) is 7.93. The fraction of sp³-hybridized carbons (Fsp3) is 0.240. The van der Waals surface area contributed by atoms with Gasteiger partial charge in [0, 0.05) is 23.3 Å². The van der Waals surface area contributed by atoms with Crippen LogP contribution in [0.5, 0.6) is 0 Å². The molecule has 0 radical (unpaired) electrons. The van der Waals surface area contributed by atoms with Crippen LogP contribution in [0, 0.1) is 0 Å². The number of alkyl carbamates (subject to hydrolysis) is 1. The molecule has 3 N–H and O–H groups in total. The van der Waals surface area contributed by atoms with Gasteiger partial charge >= 0.3 is 12.1 Å². The molecule has 2 atom stereocenters. The highest BCUT2D eigenvalue weighted by Crippen LogP contribution is 2.44. The molecule has 2 aromatic carbocycles. The van der Waals surface area contributed by atoms with Crippen LogP contribution in [0.3, 0.4) is 0 Å². The average molecular weight is 465 g/mol. The van der Waals surface area contributed by atoms with E-state index in [-0.39, 0.29) is 18.9 Å². The van der Waals surface area contributed by atoms with E-state index in [0.29, 0.717) is 4.88 Å². The number of carboxylic acid groups (broad SMARTS) is 1. The summed E-state index contributed by atoms with van der Waals surface area (Å²) in [5.41, 5.74) is 4.52. The van der Waals surface area contributed by atoms with Crippen LogP contribution in [-0.2, 0) is 14.3 Å². The van der Waals surface area contributed by atoms with Crippen LogP contribution in [0.15, 0.2) is 66.0 Å². The SMILES string of the molecule is CC(CC(=O)NC(C(=O)O)c1cccs1)NC(=O)OCC1c2ccccc2-c2ccccc21. The number of nitrogens with one attached hydrogen (secondary N) is 2. The van der Waals surface area contributed by atoms with Crippen LogP contribution in [0.25, 0.3) is 11.1 Å². The van der Waals surface area contributed by atoms with Gasteiger partial charge in [0.2, 0.25) is 5.91 Å². The van der Waals surface area contributed by atoms with E-state index in [9.17, 15) is 19.5 Å². The highest BCUT2D eigenvalue weighted by molar-refractivity contribution is 7.10. The van der Waals surface area contributed by atoms with Gasteiger partial charge in [-0.25, -0.2) is 9.59 Å². The van der Waals surface area contributed by atoms with E-state index in [1.54, 1.807) is 24.4 Å². The lowest BCUT2D eigenvalue weighted by atomic mass is 9.98. The number of hydrogen-bond acceptors (Lipinski definition) is 5. The molecule has 33 heavy (non-hydrogen) atoms. The summed E-state index contributed by atoms with van der Waals surface area (Å²) in [6.07, 6.45) is -0.690. The summed E-state index contributed by atoms with van der Waals surface area (Å²) in [7, 11) is 0. The van der Waals surface area contributed by atoms with E-state index in [1.807, 2.05) is 36.4 Å². The molecule has 0 aliphatic heterocycles. The van der Waals surface area contributed by atoms with Gasteiger partial charge in [0.05, 0.1) is 0 Å². The van der Waals surface area contributed by atoms with Crippen LogP contribution in [0.4, 0.5) is 4.79 Å². The molecular weight excluding hydrogens is 440 g/mol. The zero-order valence-electron chi connectivity index (χ0n) is 18.0. The molecule has 4 rings (SSSR count). The average Bonchev–Trinajstić information content (AvgIpc) is 3.42. The monoisotopic (exact) mass is 464 g/mol. The van der Waals surface area contributed by atoms with Gasteiger partial charge in [0.15, 0.2) is 6.04 Å². The second kappa shape index (κ2) is 9.87. The summed E-state index contributed by atoms with van der Waals surface area (Å²) >= 11 is 1.25. The van der Waals surface area contributed by atoms with E-state index in [0.717, 1.165) is 22.3 Å². The molecule has 7 nitrogen and oxygen atoms in total. The van der Waals surface area contributed by atoms with Crippen LogP contribution in [0.1, 0.15) is 41.3 Å². The number of thiophene rings is 1. The normalized spacial score (nSPS) is 14.0. The lowest BCUT2D eigenvalue weighted by Gasteiger charge is -2.18. The molecule has 3 aromatic rings. The van der Waals surface area contributed by atoms with Gasteiger partial charge in [-0.3, -0.25) is 4.79 Å². The second-order valence-corrected chi connectivity index (χ2v) is 8.91. The number of fused-ring (bicyclic) bond motifs is 3. The first-order chi connectivity index (χ1) is 15.9. The molecule has 0 spiro atoms. The van der Waals surface area contributed by atoms with Gasteiger partial charge in [0.1, 0.15) is 6.61 Å². The number of aliphatic carboxylic acids is 1. The van der Waals surface area contributed by atoms with Gasteiger partial charge in [-0.15, -0.1) is 11.3 Å². The Hall–Kier alpha value is -3.65. The Kier molecular flexibility index (Phi) is 6.74. The Morgan fingerprint density at radius 3 is 2.18 bits per heavy atom. The standard InChI is InChI=1S/C25H24N2O5S/c1-15(13-22(28)27-23(24(29)30)21-11-6-12-33-21)26-25(31)32-14-20-18-9-4-2-7-16(18)17-8-3-5-10-19(17)20/h2-12,15,20,23H,13-14H2,1H3,(H,26,31)(H,27,28)(H,29,30). The minimum Gasteiger partial charge on any atom is -0.479 e. The largest absolute Gasteiger partial charge is 0.479 e. The molecule has 0 fully saturated rings. The number of carbonyl (C=O) groups is 3. The minimum atomic E-state index is -1.14. The van der Waals surface area contributed by atoms with Gasteiger partial charge < -0.3 is 20.5 Å². The molecule has 1 aliphatic rings. The van der Waals surface area contributed by atoms with Gasteiger partial charge in [0.25, 0.3) is 0 Å². The van der Waals surface area contributed by atoms with E-state index in [1.165, 1.54) is 11.3 Å². The molecule has 2 unspecified atom stereocenters. The highest BCUT2D eigenvalue weighted by Gasteiger charge is 2.29.